The predicted octanol–water partition coefficient (Wildman–Crippen LogP) is 5.01. The zero-order valence-electron chi connectivity index (χ0n) is 22.2. The standard InChI is InChI=1S/C26H30F4N4O3S/c1-23(2,3)38(36)33(6)20(26(28,29)30)15-8-10-16(11-9-15)25(22(35)37-7)14-24(4,5)21-17(25)13-31-19-12-18(27)32-34(19)21/h8-13,20H,14H2,1-7H3/t20-,25?,38?/m0/s1. The van der Waals surface area contributed by atoms with Crippen molar-refractivity contribution in [2.75, 3.05) is 14.2 Å². The molecule has 7 nitrogen and oxygen atoms in total. The van der Waals surface area contributed by atoms with Crippen LogP contribution in [0.3, 0.4) is 0 Å². The summed E-state index contributed by atoms with van der Waals surface area (Å²) in [6.45, 7) is 8.56. The second kappa shape index (κ2) is 9.20. The average Bonchev–Trinajstić information content (AvgIpc) is 3.30. The average molecular weight is 555 g/mol. The number of benzene rings is 1. The number of halogens is 4. The number of ether oxygens (including phenoxy) is 1. The second-order valence-corrected chi connectivity index (χ2v) is 13.5. The molecule has 2 unspecified atom stereocenters. The van der Waals surface area contributed by atoms with Gasteiger partial charge in [0.2, 0.25) is 5.95 Å². The molecule has 0 bridgehead atoms. The third-order valence-corrected chi connectivity index (χ3v) is 8.76. The van der Waals surface area contributed by atoms with Crippen molar-refractivity contribution in [3.05, 3.63) is 64.9 Å². The number of esters is 1. The Morgan fingerprint density at radius 3 is 2.34 bits per heavy atom. The molecule has 0 saturated heterocycles. The van der Waals surface area contributed by atoms with Crippen LogP contribution in [0.25, 0.3) is 5.65 Å². The summed E-state index contributed by atoms with van der Waals surface area (Å²) >= 11 is -1.94. The van der Waals surface area contributed by atoms with Crippen molar-refractivity contribution in [2.24, 2.45) is 0 Å². The summed E-state index contributed by atoms with van der Waals surface area (Å²) in [5.41, 5.74) is -0.557. The van der Waals surface area contributed by atoms with Crippen molar-refractivity contribution < 1.29 is 31.6 Å². The van der Waals surface area contributed by atoms with Gasteiger partial charge in [-0.15, -0.1) is 9.40 Å². The molecule has 3 aromatic rings. The van der Waals surface area contributed by atoms with Gasteiger partial charge in [0.25, 0.3) is 0 Å². The summed E-state index contributed by atoms with van der Waals surface area (Å²) in [6, 6.07) is 4.54. The third kappa shape index (κ3) is 4.46. The Labute approximate surface area is 221 Å². The molecular formula is C26H30F4N4O3S. The normalized spacial score (nSPS) is 21.0. The summed E-state index contributed by atoms with van der Waals surface area (Å²) < 4.78 is 76.0. The first kappa shape index (κ1) is 28.3. The Kier molecular flexibility index (Phi) is 6.85. The van der Waals surface area contributed by atoms with Gasteiger partial charge < -0.3 is 9.29 Å². The Hall–Kier alpha value is -2.70. The van der Waals surface area contributed by atoms with Crippen LogP contribution in [0, 0.1) is 5.95 Å². The van der Waals surface area contributed by atoms with Crippen LogP contribution in [-0.4, -0.2) is 54.5 Å². The molecule has 2 heterocycles. The van der Waals surface area contributed by atoms with E-state index in [1.54, 1.807) is 20.8 Å². The van der Waals surface area contributed by atoms with Crippen molar-refractivity contribution >= 4 is 23.0 Å². The van der Waals surface area contributed by atoms with Gasteiger partial charge in [0, 0.05) is 41.7 Å². The molecule has 1 aliphatic carbocycles. The lowest BCUT2D eigenvalue weighted by atomic mass is 9.73. The summed E-state index contributed by atoms with van der Waals surface area (Å²) in [7, 11) is 2.42. The van der Waals surface area contributed by atoms with E-state index in [4.69, 9.17) is 4.74 Å². The Morgan fingerprint density at radius 2 is 1.82 bits per heavy atom. The summed E-state index contributed by atoms with van der Waals surface area (Å²) in [5, 5.41) is 3.92. The van der Waals surface area contributed by atoms with Crippen LogP contribution >= 0.6 is 0 Å². The maximum absolute atomic E-state index is 14.2. The van der Waals surface area contributed by atoms with E-state index >= 15 is 0 Å². The van der Waals surface area contributed by atoms with Crippen LogP contribution in [0.1, 0.15) is 69.5 Å². The van der Waals surface area contributed by atoms with E-state index in [2.05, 4.69) is 10.1 Å². The molecule has 0 saturated carbocycles. The van der Waals surface area contributed by atoms with Crippen LogP contribution in [-0.2, 0) is 31.7 Å². The molecule has 3 atom stereocenters. The number of methoxy groups -OCH3 is 1. The highest BCUT2D eigenvalue weighted by molar-refractivity contribution is 7.90. The quantitative estimate of drug-likeness (QED) is 0.251. The topological polar surface area (TPSA) is 82.8 Å². The van der Waals surface area contributed by atoms with Crippen molar-refractivity contribution in [1.82, 2.24) is 18.9 Å². The molecule has 4 rings (SSSR count). The number of carbonyl (C=O) groups excluding carboxylic acids is 1. The van der Waals surface area contributed by atoms with Gasteiger partial charge in [0.15, 0.2) is 11.7 Å². The first-order valence-electron chi connectivity index (χ1n) is 11.9. The molecule has 0 amide bonds. The van der Waals surface area contributed by atoms with E-state index in [0.29, 0.717) is 16.8 Å². The Bertz CT molecular complexity index is 1370. The molecule has 0 spiro atoms. The predicted molar refractivity (Wildman–Crippen MR) is 134 cm³/mol. The first-order valence-corrected chi connectivity index (χ1v) is 13.0. The number of hydrogen-bond acceptors (Lipinski definition) is 6. The van der Waals surface area contributed by atoms with Crippen molar-refractivity contribution in [1.29, 1.82) is 0 Å². The molecule has 206 valence electrons. The van der Waals surface area contributed by atoms with Gasteiger partial charge in [-0.3, -0.25) is 4.79 Å². The van der Waals surface area contributed by atoms with Gasteiger partial charge in [-0.1, -0.05) is 38.1 Å². The van der Waals surface area contributed by atoms with E-state index < -0.39 is 51.1 Å². The van der Waals surface area contributed by atoms with Gasteiger partial charge in [0.1, 0.15) is 10.2 Å². The number of fused-ring (bicyclic) bond motifs is 3. The molecule has 0 N–H and O–H groups in total. The fourth-order valence-electron chi connectivity index (χ4n) is 5.53. The minimum atomic E-state index is -4.71. The maximum atomic E-state index is 14.2. The van der Waals surface area contributed by atoms with Gasteiger partial charge in [0.05, 0.1) is 12.8 Å². The molecule has 0 fully saturated rings. The number of carbonyl (C=O) groups is 1. The number of nitrogens with zero attached hydrogens (tertiary/aromatic N) is 4. The van der Waals surface area contributed by atoms with Crippen molar-refractivity contribution in [3.8, 4) is 0 Å². The highest BCUT2D eigenvalue weighted by Gasteiger charge is 2.57. The second-order valence-electron chi connectivity index (χ2n) is 11.2. The summed E-state index contributed by atoms with van der Waals surface area (Å²) in [5.74, 6) is -1.35. The Balaban J connectivity index is 1.87. The van der Waals surface area contributed by atoms with Crippen LogP contribution in [0.15, 0.2) is 36.5 Å². The minimum Gasteiger partial charge on any atom is -0.597 e. The van der Waals surface area contributed by atoms with Crippen molar-refractivity contribution in [2.45, 2.75) is 68.8 Å². The zero-order chi connectivity index (χ0) is 28.4. The lowest BCUT2D eigenvalue weighted by molar-refractivity contribution is -0.171. The molecule has 38 heavy (non-hydrogen) atoms. The first-order chi connectivity index (χ1) is 17.4. The minimum absolute atomic E-state index is 0.124. The lowest BCUT2D eigenvalue weighted by Gasteiger charge is -2.36. The molecule has 2 aromatic heterocycles. The highest BCUT2D eigenvalue weighted by atomic mass is 32.2. The molecule has 12 heteroatoms. The van der Waals surface area contributed by atoms with Crippen LogP contribution in [0.2, 0.25) is 0 Å². The van der Waals surface area contributed by atoms with Crippen molar-refractivity contribution in [3.63, 3.8) is 0 Å². The van der Waals surface area contributed by atoms with Crippen LogP contribution < -0.4 is 0 Å². The van der Waals surface area contributed by atoms with Crippen LogP contribution in [0.4, 0.5) is 17.6 Å². The molecule has 0 radical (unpaired) electrons. The van der Waals surface area contributed by atoms with E-state index in [-0.39, 0.29) is 17.6 Å². The number of hydrogen-bond donors (Lipinski definition) is 0. The van der Waals surface area contributed by atoms with E-state index in [1.165, 1.54) is 55.2 Å². The third-order valence-electron chi connectivity index (χ3n) is 6.97. The van der Waals surface area contributed by atoms with Crippen LogP contribution in [0.5, 0.6) is 0 Å². The fourth-order valence-corrected chi connectivity index (χ4v) is 6.82. The van der Waals surface area contributed by atoms with Gasteiger partial charge in [-0.2, -0.15) is 17.6 Å². The summed E-state index contributed by atoms with van der Waals surface area (Å²) in [4.78, 5) is 17.7. The zero-order valence-corrected chi connectivity index (χ0v) is 23.0. The summed E-state index contributed by atoms with van der Waals surface area (Å²) in [6.07, 6.45) is -3.04. The maximum Gasteiger partial charge on any atom is 0.412 e. The highest BCUT2D eigenvalue weighted by Crippen LogP contribution is 2.53. The van der Waals surface area contributed by atoms with Gasteiger partial charge >= 0.3 is 12.1 Å². The molecule has 0 aliphatic heterocycles. The SMILES string of the molecule is COC(=O)C1(c2ccc([C@H](N(C)[S+]([O-])C(C)(C)C)C(F)(F)F)cc2)CC(C)(C)c2c1cnc1cc(F)nn21. The lowest BCUT2D eigenvalue weighted by Crippen LogP contribution is -2.46. The van der Waals surface area contributed by atoms with E-state index in [1.807, 2.05) is 13.8 Å². The van der Waals surface area contributed by atoms with E-state index in [9.17, 15) is 26.9 Å². The van der Waals surface area contributed by atoms with E-state index in [0.717, 1.165) is 4.31 Å². The van der Waals surface area contributed by atoms with Gasteiger partial charge in [-0.25, -0.2) is 9.50 Å². The number of aromatic nitrogens is 3. The molecular weight excluding hydrogens is 524 g/mol. The number of rotatable bonds is 5. The Morgan fingerprint density at radius 1 is 1.21 bits per heavy atom. The fraction of sp³-hybridized carbons (Fsp3) is 0.500. The largest absolute Gasteiger partial charge is 0.597 e. The monoisotopic (exact) mass is 554 g/mol. The smallest absolute Gasteiger partial charge is 0.412 e. The number of alkyl halides is 3. The molecule has 1 aromatic carbocycles. The molecule has 1 aliphatic rings. The van der Waals surface area contributed by atoms with Gasteiger partial charge in [-0.05, 0) is 38.3 Å².